The van der Waals surface area contributed by atoms with E-state index in [2.05, 4.69) is 5.32 Å². The average molecular weight is 258 g/mol. The van der Waals surface area contributed by atoms with E-state index in [1.165, 1.54) is 12.1 Å². The highest BCUT2D eigenvalue weighted by molar-refractivity contribution is 6.31. The summed E-state index contributed by atoms with van der Waals surface area (Å²) in [7, 11) is 0. The smallest absolute Gasteiger partial charge is 0.124 e. The summed E-state index contributed by atoms with van der Waals surface area (Å²) < 4.78 is 12.8. The third-order valence-electron chi connectivity index (χ3n) is 3.32. The van der Waals surface area contributed by atoms with Crippen LogP contribution in [0.1, 0.15) is 31.2 Å². The third-order valence-corrected chi connectivity index (χ3v) is 3.67. The zero-order valence-corrected chi connectivity index (χ0v) is 10.4. The number of benzene rings is 1. The Morgan fingerprint density at radius 1 is 1.35 bits per heavy atom. The first-order valence-corrected chi connectivity index (χ1v) is 6.34. The molecule has 2 nitrogen and oxygen atoms in total. The van der Waals surface area contributed by atoms with Crippen molar-refractivity contribution >= 4 is 11.6 Å². The quantitative estimate of drug-likeness (QED) is 0.869. The van der Waals surface area contributed by atoms with Crippen molar-refractivity contribution in [3.8, 4) is 0 Å². The summed E-state index contributed by atoms with van der Waals surface area (Å²) in [5.41, 5.74) is 0.293. The first kappa shape index (κ1) is 12.8. The van der Waals surface area contributed by atoms with Crippen molar-refractivity contribution in [1.82, 2.24) is 5.32 Å². The molecule has 2 N–H and O–H groups in total. The SMILES string of the molecule is OC1(CNCc2ccc(F)cc2Cl)CCCC1. The van der Waals surface area contributed by atoms with E-state index in [1.54, 1.807) is 6.07 Å². The minimum atomic E-state index is -0.563. The highest BCUT2D eigenvalue weighted by Gasteiger charge is 2.30. The van der Waals surface area contributed by atoms with Crippen LogP contribution in [-0.2, 0) is 6.54 Å². The lowest BCUT2D eigenvalue weighted by atomic mass is 10.0. The topological polar surface area (TPSA) is 32.3 Å². The molecule has 0 saturated heterocycles. The number of nitrogens with one attached hydrogen (secondary N) is 1. The van der Waals surface area contributed by atoms with Gasteiger partial charge in [0.05, 0.1) is 5.60 Å². The standard InChI is InChI=1S/C13H17ClFNO/c14-12-7-11(15)4-3-10(12)8-16-9-13(17)5-1-2-6-13/h3-4,7,16-17H,1-2,5-6,8-9H2. The van der Waals surface area contributed by atoms with Crippen molar-refractivity contribution in [3.05, 3.63) is 34.6 Å². The number of hydrogen-bond acceptors (Lipinski definition) is 2. The molecule has 1 aromatic carbocycles. The van der Waals surface area contributed by atoms with E-state index in [0.717, 1.165) is 31.2 Å². The molecule has 0 bridgehead atoms. The van der Waals surface area contributed by atoms with Crippen molar-refractivity contribution in [2.75, 3.05) is 6.54 Å². The largest absolute Gasteiger partial charge is 0.389 e. The van der Waals surface area contributed by atoms with Gasteiger partial charge in [-0.05, 0) is 30.5 Å². The molecule has 1 aromatic rings. The second-order valence-electron chi connectivity index (χ2n) is 4.77. The normalized spacial score (nSPS) is 18.5. The molecule has 2 rings (SSSR count). The van der Waals surface area contributed by atoms with Crippen molar-refractivity contribution in [2.24, 2.45) is 0 Å². The van der Waals surface area contributed by atoms with E-state index >= 15 is 0 Å². The van der Waals surface area contributed by atoms with E-state index in [4.69, 9.17) is 11.6 Å². The Bertz CT molecular complexity index is 391. The van der Waals surface area contributed by atoms with Crippen molar-refractivity contribution < 1.29 is 9.50 Å². The lowest BCUT2D eigenvalue weighted by Crippen LogP contribution is -2.37. The fourth-order valence-electron chi connectivity index (χ4n) is 2.30. The van der Waals surface area contributed by atoms with Gasteiger partial charge in [-0.1, -0.05) is 30.5 Å². The van der Waals surface area contributed by atoms with Gasteiger partial charge in [-0.15, -0.1) is 0 Å². The highest BCUT2D eigenvalue weighted by Crippen LogP contribution is 2.28. The van der Waals surface area contributed by atoms with Gasteiger partial charge in [-0.3, -0.25) is 0 Å². The summed E-state index contributed by atoms with van der Waals surface area (Å²) in [6.45, 7) is 1.13. The van der Waals surface area contributed by atoms with Crippen LogP contribution in [0.3, 0.4) is 0 Å². The van der Waals surface area contributed by atoms with Gasteiger partial charge in [0, 0.05) is 18.1 Å². The summed E-state index contributed by atoms with van der Waals surface area (Å²) >= 11 is 5.92. The summed E-state index contributed by atoms with van der Waals surface area (Å²) in [6, 6.07) is 4.37. The Balaban J connectivity index is 1.85. The molecule has 0 amide bonds. The molecule has 94 valence electrons. The van der Waals surface area contributed by atoms with Crippen molar-refractivity contribution in [3.63, 3.8) is 0 Å². The van der Waals surface area contributed by atoms with Crippen molar-refractivity contribution in [1.29, 1.82) is 0 Å². The molecule has 0 aromatic heterocycles. The van der Waals surface area contributed by atoms with E-state index in [-0.39, 0.29) is 5.82 Å². The summed E-state index contributed by atoms with van der Waals surface area (Å²) in [5, 5.41) is 13.7. The lowest BCUT2D eigenvalue weighted by Gasteiger charge is -2.22. The molecular formula is C13H17ClFNO. The third kappa shape index (κ3) is 3.41. The second-order valence-corrected chi connectivity index (χ2v) is 5.18. The van der Waals surface area contributed by atoms with Gasteiger partial charge in [-0.25, -0.2) is 4.39 Å². The number of halogens is 2. The van der Waals surface area contributed by atoms with Crippen LogP contribution in [0.4, 0.5) is 4.39 Å². The number of hydrogen-bond donors (Lipinski definition) is 2. The Morgan fingerprint density at radius 3 is 2.71 bits per heavy atom. The molecule has 1 saturated carbocycles. The maximum absolute atomic E-state index is 12.8. The van der Waals surface area contributed by atoms with E-state index in [0.29, 0.717) is 18.1 Å². The van der Waals surface area contributed by atoms with Crippen molar-refractivity contribution in [2.45, 2.75) is 37.8 Å². The molecular weight excluding hydrogens is 241 g/mol. The summed E-state index contributed by atoms with van der Waals surface area (Å²) in [6.07, 6.45) is 3.90. The minimum Gasteiger partial charge on any atom is -0.389 e. The molecule has 17 heavy (non-hydrogen) atoms. The molecule has 0 radical (unpaired) electrons. The average Bonchev–Trinajstić information content (AvgIpc) is 2.69. The second kappa shape index (κ2) is 5.34. The molecule has 0 unspecified atom stereocenters. The fourth-order valence-corrected chi connectivity index (χ4v) is 2.54. The molecule has 0 spiro atoms. The van der Waals surface area contributed by atoms with Gasteiger partial charge < -0.3 is 10.4 Å². The Labute approximate surface area is 106 Å². The van der Waals surface area contributed by atoms with Gasteiger partial charge in [0.15, 0.2) is 0 Å². The molecule has 1 aliphatic rings. The van der Waals surface area contributed by atoms with Gasteiger partial charge in [-0.2, -0.15) is 0 Å². The predicted octanol–water partition coefficient (Wildman–Crippen LogP) is 2.87. The first-order valence-electron chi connectivity index (χ1n) is 5.96. The maximum atomic E-state index is 12.8. The highest BCUT2D eigenvalue weighted by atomic mass is 35.5. The summed E-state index contributed by atoms with van der Waals surface area (Å²) in [5.74, 6) is -0.326. The lowest BCUT2D eigenvalue weighted by molar-refractivity contribution is 0.0475. The predicted molar refractivity (Wildman–Crippen MR) is 66.5 cm³/mol. The van der Waals surface area contributed by atoms with Crippen LogP contribution < -0.4 is 5.32 Å². The van der Waals surface area contributed by atoms with E-state index in [1.807, 2.05) is 0 Å². The van der Waals surface area contributed by atoms with Gasteiger partial charge in [0.1, 0.15) is 5.82 Å². The summed E-state index contributed by atoms with van der Waals surface area (Å²) in [4.78, 5) is 0. The minimum absolute atomic E-state index is 0.326. The number of rotatable bonds is 4. The Kier molecular flexibility index (Phi) is 4.02. The first-order chi connectivity index (χ1) is 8.09. The zero-order chi connectivity index (χ0) is 12.3. The van der Waals surface area contributed by atoms with Crippen LogP contribution in [0.5, 0.6) is 0 Å². The fraction of sp³-hybridized carbons (Fsp3) is 0.538. The Morgan fingerprint density at radius 2 is 2.06 bits per heavy atom. The number of aliphatic hydroxyl groups is 1. The molecule has 0 heterocycles. The zero-order valence-electron chi connectivity index (χ0n) is 9.68. The van der Waals surface area contributed by atoms with Crippen LogP contribution in [-0.4, -0.2) is 17.3 Å². The van der Waals surface area contributed by atoms with Gasteiger partial charge in [0.25, 0.3) is 0 Å². The molecule has 4 heteroatoms. The van der Waals surface area contributed by atoms with Gasteiger partial charge in [0.2, 0.25) is 0 Å². The van der Waals surface area contributed by atoms with Crippen LogP contribution in [0.15, 0.2) is 18.2 Å². The van der Waals surface area contributed by atoms with Crippen LogP contribution in [0.25, 0.3) is 0 Å². The van der Waals surface area contributed by atoms with E-state index < -0.39 is 5.60 Å². The van der Waals surface area contributed by atoms with Gasteiger partial charge >= 0.3 is 0 Å². The molecule has 1 fully saturated rings. The monoisotopic (exact) mass is 257 g/mol. The molecule has 1 aliphatic carbocycles. The molecule has 0 atom stereocenters. The maximum Gasteiger partial charge on any atom is 0.124 e. The molecule has 0 aliphatic heterocycles. The Hall–Kier alpha value is -0.640. The van der Waals surface area contributed by atoms with Crippen LogP contribution in [0, 0.1) is 5.82 Å². The van der Waals surface area contributed by atoms with Crippen LogP contribution in [0.2, 0.25) is 5.02 Å². The van der Waals surface area contributed by atoms with E-state index in [9.17, 15) is 9.50 Å². The van der Waals surface area contributed by atoms with Crippen LogP contribution >= 0.6 is 11.6 Å².